The standard InChI is InChI=1S/C16H15Br2Cl2N/c1-2-21-16(13-6-4-11(17)8-14(13)18)7-10-3-5-12(19)9-15(10)20/h3-6,8-9,16,21H,2,7H2,1H3. The van der Waals surface area contributed by atoms with E-state index < -0.39 is 0 Å². The van der Waals surface area contributed by atoms with Crippen molar-refractivity contribution in [3.8, 4) is 0 Å². The zero-order valence-electron chi connectivity index (χ0n) is 11.5. The van der Waals surface area contributed by atoms with Crippen LogP contribution in [0.4, 0.5) is 0 Å². The van der Waals surface area contributed by atoms with Gasteiger partial charge in [0.25, 0.3) is 0 Å². The molecule has 0 saturated heterocycles. The highest BCUT2D eigenvalue weighted by Crippen LogP contribution is 2.31. The summed E-state index contributed by atoms with van der Waals surface area (Å²) in [6.07, 6.45) is 0.810. The molecule has 1 N–H and O–H groups in total. The van der Waals surface area contributed by atoms with Crippen LogP contribution in [0.3, 0.4) is 0 Å². The summed E-state index contributed by atoms with van der Waals surface area (Å²) >= 11 is 19.4. The summed E-state index contributed by atoms with van der Waals surface area (Å²) in [5, 5.41) is 4.88. The largest absolute Gasteiger partial charge is 0.310 e. The van der Waals surface area contributed by atoms with Crippen molar-refractivity contribution in [2.75, 3.05) is 6.54 Å². The molecule has 0 amide bonds. The second-order valence-corrected chi connectivity index (χ2v) is 7.33. The quantitative estimate of drug-likeness (QED) is 0.553. The Morgan fingerprint density at radius 2 is 1.86 bits per heavy atom. The molecule has 2 aromatic carbocycles. The summed E-state index contributed by atoms with van der Waals surface area (Å²) in [5.74, 6) is 0. The van der Waals surface area contributed by atoms with Crippen LogP contribution in [0.25, 0.3) is 0 Å². The van der Waals surface area contributed by atoms with Crippen LogP contribution >= 0.6 is 55.1 Å². The smallest absolute Gasteiger partial charge is 0.0453 e. The molecule has 1 atom stereocenters. The predicted octanol–water partition coefficient (Wildman–Crippen LogP) is 6.41. The predicted molar refractivity (Wildman–Crippen MR) is 98.4 cm³/mol. The third-order valence-electron chi connectivity index (χ3n) is 3.23. The van der Waals surface area contributed by atoms with E-state index in [1.54, 1.807) is 6.07 Å². The van der Waals surface area contributed by atoms with Crippen molar-refractivity contribution < 1.29 is 0 Å². The second kappa shape index (κ2) is 7.98. The number of nitrogens with one attached hydrogen (secondary N) is 1. The Morgan fingerprint density at radius 3 is 2.48 bits per heavy atom. The van der Waals surface area contributed by atoms with E-state index in [0.29, 0.717) is 10.0 Å². The molecular weight excluding hydrogens is 437 g/mol. The summed E-state index contributed by atoms with van der Waals surface area (Å²) in [7, 11) is 0. The van der Waals surface area contributed by atoms with Crippen molar-refractivity contribution in [2.45, 2.75) is 19.4 Å². The molecule has 0 spiro atoms. The maximum atomic E-state index is 6.29. The Kier molecular flexibility index (Phi) is 6.57. The van der Waals surface area contributed by atoms with Gasteiger partial charge < -0.3 is 5.32 Å². The van der Waals surface area contributed by atoms with Gasteiger partial charge in [-0.2, -0.15) is 0 Å². The first-order chi connectivity index (χ1) is 10.0. The van der Waals surface area contributed by atoms with Crippen molar-refractivity contribution in [3.63, 3.8) is 0 Å². The number of benzene rings is 2. The van der Waals surface area contributed by atoms with Crippen LogP contribution in [-0.4, -0.2) is 6.54 Å². The van der Waals surface area contributed by atoms with Crippen molar-refractivity contribution in [1.82, 2.24) is 5.32 Å². The van der Waals surface area contributed by atoms with Crippen molar-refractivity contribution >= 4 is 55.1 Å². The summed E-state index contributed by atoms with van der Waals surface area (Å²) in [5.41, 5.74) is 2.30. The van der Waals surface area contributed by atoms with Crippen LogP contribution in [0.1, 0.15) is 24.1 Å². The van der Waals surface area contributed by atoms with E-state index in [-0.39, 0.29) is 6.04 Å². The molecule has 0 aliphatic rings. The Labute approximate surface area is 152 Å². The molecule has 0 bridgehead atoms. The van der Waals surface area contributed by atoms with Gasteiger partial charge in [0.15, 0.2) is 0 Å². The Balaban J connectivity index is 2.30. The molecule has 2 rings (SSSR count). The fraction of sp³-hybridized carbons (Fsp3) is 0.250. The molecule has 0 aromatic heterocycles. The lowest BCUT2D eigenvalue weighted by Gasteiger charge is -2.21. The highest BCUT2D eigenvalue weighted by molar-refractivity contribution is 9.11. The molecule has 0 saturated carbocycles. The van der Waals surface area contributed by atoms with Gasteiger partial charge in [-0.05, 0) is 48.4 Å². The molecule has 0 fully saturated rings. The lowest BCUT2D eigenvalue weighted by atomic mass is 9.99. The Morgan fingerprint density at radius 1 is 1.10 bits per heavy atom. The minimum atomic E-state index is 0.191. The second-order valence-electron chi connectivity index (χ2n) is 4.72. The van der Waals surface area contributed by atoms with Gasteiger partial charge in [-0.15, -0.1) is 0 Å². The van der Waals surface area contributed by atoms with Crippen molar-refractivity contribution in [2.24, 2.45) is 0 Å². The highest BCUT2D eigenvalue weighted by Gasteiger charge is 2.16. The summed E-state index contributed by atoms with van der Waals surface area (Å²) in [4.78, 5) is 0. The van der Waals surface area contributed by atoms with Crippen LogP contribution in [-0.2, 0) is 6.42 Å². The monoisotopic (exact) mass is 449 g/mol. The van der Waals surface area contributed by atoms with Crippen LogP contribution < -0.4 is 5.32 Å². The first-order valence-electron chi connectivity index (χ1n) is 6.63. The first kappa shape index (κ1) is 17.3. The van der Waals surface area contributed by atoms with E-state index in [2.05, 4.69) is 56.2 Å². The van der Waals surface area contributed by atoms with Gasteiger partial charge in [-0.25, -0.2) is 0 Å². The molecule has 1 unspecified atom stereocenters. The average Bonchev–Trinajstić information content (AvgIpc) is 2.41. The maximum Gasteiger partial charge on any atom is 0.0453 e. The molecule has 0 radical (unpaired) electrons. The van der Waals surface area contributed by atoms with Crippen LogP contribution in [0.15, 0.2) is 45.3 Å². The lowest BCUT2D eigenvalue weighted by Crippen LogP contribution is -2.23. The minimum absolute atomic E-state index is 0.191. The average molecular weight is 452 g/mol. The van der Waals surface area contributed by atoms with Crippen molar-refractivity contribution in [1.29, 1.82) is 0 Å². The van der Waals surface area contributed by atoms with Crippen molar-refractivity contribution in [3.05, 3.63) is 66.5 Å². The zero-order valence-corrected chi connectivity index (χ0v) is 16.2. The number of hydrogen-bond acceptors (Lipinski definition) is 1. The van der Waals surface area contributed by atoms with Crippen LogP contribution in [0.5, 0.6) is 0 Å². The maximum absolute atomic E-state index is 6.29. The number of hydrogen-bond donors (Lipinski definition) is 1. The van der Waals surface area contributed by atoms with Gasteiger partial charge in [-0.3, -0.25) is 0 Å². The Bertz CT molecular complexity index is 632. The highest BCUT2D eigenvalue weighted by atomic mass is 79.9. The van der Waals surface area contributed by atoms with Gasteiger partial charge in [0.1, 0.15) is 0 Å². The van der Waals surface area contributed by atoms with E-state index in [4.69, 9.17) is 23.2 Å². The molecule has 0 heterocycles. The molecule has 21 heavy (non-hydrogen) atoms. The van der Waals surface area contributed by atoms with E-state index in [9.17, 15) is 0 Å². The third-order valence-corrected chi connectivity index (χ3v) is 4.99. The summed E-state index contributed by atoms with van der Waals surface area (Å²) < 4.78 is 2.13. The molecule has 0 aliphatic heterocycles. The SMILES string of the molecule is CCNC(Cc1ccc(Cl)cc1Cl)c1ccc(Br)cc1Br. The van der Waals surface area contributed by atoms with Gasteiger partial charge in [0, 0.05) is 25.0 Å². The van der Waals surface area contributed by atoms with E-state index in [0.717, 1.165) is 27.5 Å². The molecule has 5 heteroatoms. The molecule has 112 valence electrons. The van der Waals surface area contributed by atoms with Crippen LogP contribution in [0.2, 0.25) is 10.0 Å². The van der Waals surface area contributed by atoms with Gasteiger partial charge in [-0.1, -0.05) is 74.1 Å². The van der Waals surface area contributed by atoms with E-state index >= 15 is 0 Å². The van der Waals surface area contributed by atoms with E-state index in [1.807, 2.05) is 18.2 Å². The van der Waals surface area contributed by atoms with Gasteiger partial charge in [0.2, 0.25) is 0 Å². The summed E-state index contributed by atoms with van der Waals surface area (Å²) in [6, 6.07) is 12.1. The molecule has 2 aromatic rings. The number of likely N-dealkylation sites (N-methyl/N-ethyl adjacent to an activating group) is 1. The van der Waals surface area contributed by atoms with Crippen LogP contribution in [0, 0.1) is 0 Å². The lowest BCUT2D eigenvalue weighted by molar-refractivity contribution is 0.548. The number of halogens is 4. The molecular formula is C16H15Br2Cl2N. The first-order valence-corrected chi connectivity index (χ1v) is 8.97. The zero-order chi connectivity index (χ0) is 15.4. The molecule has 1 nitrogen and oxygen atoms in total. The Hall–Kier alpha value is -0.0600. The fourth-order valence-corrected chi connectivity index (χ4v) is 4.04. The topological polar surface area (TPSA) is 12.0 Å². The molecule has 0 aliphatic carbocycles. The fourth-order valence-electron chi connectivity index (χ4n) is 2.23. The minimum Gasteiger partial charge on any atom is -0.310 e. The number of rotatable bonds is 5. The van der Waals surface area contributed by atoms with E-state index in [1.165, 1.54) is 5.56 Å². The normalized spacial score (nSPS) is 12.4. The van der Waals surface area contributed by atoms with Gasteiger partial charge in [0.05, 0.1) is 0 Å². The third kappa shape index (κ3) is 4.70. The summed E-state index contributed by atoms with van der Waals surface area (Å²) in [6.45, 7) is 2.99. The van der Waals surface area contributed by atoms with Gasteiger partial charge >= 0.3 is 0 Å².